The van der Waals surface area contributed by atoms with Crippen LogP contribution in [0.2, 0.25) is 5.02 Å². The summed E-state index contributed by atoms with van der Waals surface area (Å²) in [7, 11) is 0. The average Bonchev–Trinajstić information content (AvgIpc) is 2.72. The van der Waals surface area contributed by atoms with Crippen molar-refractivity contribution in [3.63, 3.8) is 0 Å². The molecule has 0 fully saturated rings. The number of hydrogen-bond donors (Lipinski definition) is 1. The Morgan fingerprint density at radius 3 is 2.46 bits per heavy atom. The monoisotopic (exact) mass is 388 g/mol. The molecule has 0 bridgehead atoms. The number of hydrogen-bond acceptors (Lipinski definition) is 3. The number of nitrogens with one attached hydrogen (secondary N) is 1. The molecule has 0 aromatic heterocycles. The molecule has 0 aliphatic heterocycles. The van der Waals surface area contributed by atoms with Crippen LogP contribution in [-0.2, 0) is 11.4 Å². The summed E-state index contributed by atoms with van der Waals surface area (Å²) in [4.78, 5) is 12.4. The lowest BCUT2D eigenvalue weighted by molar-refractivity contribution is -0.112. The first-order valence-electron chi connectivity index (χ1n) is 8.59. The number of amides is 1. The van der Waals surface area contributed by atoms with Gasteiger partial charge >= 0.3 is 0 Å². The van der Waals surface area contributed by atoms with E-state index in [9.17, 15) is 10.1 Å². The van der Waals surface area contributed by atoms with Crippen LogP contribution in [0, 0.1) is 11.3 Å². The molecule has 28 heavy (non-hydrogen) atoms. The normalized spacial score (nSPS) is 10.8. The van der Waals surface area contributed by atoms with Gasteiger partial charge in [0.25, 0.3) is 5.91 Å². The predicted molar refractivity (Wildman–Crippen MR) is 111 cm³/mol. The van der Waals surface area contributed by atoms with Gasteiger partial charge in [0.2, 0.25) is 0 Å². The zero-order valence-corrected chi connectivity index (χ0v) is 15.7. The minimum atomic E-state index is -0.486. The molecule has 1 N–H and O–H groups in total. The van der Waals surface area contributed by atoms with Crippen molar-refractivity contribution in [1.82, 2.24) is 0 Å². The topological polar surface area (TPSA) is 62.1 Å². The molecular formula is C23H17ClN2O2. The summed E-state index contributed by atoms with van der Waals surface area (Å²) >= 11 is 5.94. The highest BCUT2D eigenvalue weighted by Crippen LogP contribution is 2.19. The number of rotatable bonds is 6. The Balaban J connectivity index is 1.62. The lowest BCUT2D eigenvalue weighted by Crippen LogP contribution is -2.13. The van der Waals surface area contributed by atoms with Crippen molar-refractivity contribution >= 4 is 29.3 Å². The summed E-state index contributed by atoms with van der Waals surface area (Å²) < 4.78 is 5.72. The quantitative estimate of drug-likeness (QED) is 0.450. The van der Waals surface area contributed by atoms with E-state index < -0.39 is 5.91 Å². The Morgan fingerprint density at radius 2 is 1.79 bits per heavy atom. The largest absolute Gasteiger partial charge is 0.489 e. The standard InChI is InChI=1S/C23H17ClN2O2/c24-20-8-4-7-18(14-20)13-19(15-25)23(27)26-21-9-11-22(12-10-21)28-16-17-5-2-1-3-6-17/h1-14H,16H2,(H,26,27)/b19-13+. The van der Waals surface area contributed by atoms with E-state index >= 15 is 0 Å². The summed E-state index contributed by atoms with van der Waals surface area (Å²) in [5.41, 5.74) is 2.32. The highest BCUT2D eigenvalue weighted by molar-refractivity contribution is 6.30. The lowest BCUT2D eigenvalue weighted by atomic mass is 10.1. The van der Waals surface area contributed by atoms with Gasteiger partial charge in [0.15, 0.2) is 0 Å². The molecule has 0 saturated carbocycles. The number of halogens is 1. The Kier molecular flexibility index (Phi) is 6.46. The second-order valence-corrected chi connectivity index (χ2v) is 6.41. The van der Waals surface area contributed by atoms with Gasteiger partial charge in [-0.1, -0.05) is 54.1 Å². The summed E-state index contributed by atoms with van der Waals surface area (Å²) in [6.07, 6.45) is 1.50. The zero-order chi connectivity index (χ0) is 19.8. The average molecular weight is 389 g/mol. The second kappa shape index (κ2) is 9.40. The van der Waals surface area contributed by atoms with Crippen molar-refractivity contribution < 1.29 is 9.53 Å². The fraction of sp³-hybridized carbons (Fsp3) is 0.0435. The number of ether oxygens (including phenoxy) is 1. The molecule has 3 aromatic rings. The Hall–Kier alpha value is -3.55. The molecule has 138 valence electrons. The fourth-order valence-electron chi connectivity index (χ4n) is 2.49. The van der Waals surface area contributed by atoms with E-state index in [1.807, 2.05) is 36.4 Å². The first kappa shape index (κ1) is 19.2. The molecule has 0 radical (unpaired) electrons. The maximum absolute atomic E-state index is 12.4. The lowest BCUT2D eigenvalue weighted by Gasteiger charge is -2.08. The first-order chi connectivity index (χ1) is 13.6. The minimum Gasteiger partial charge on any atom is -0.489 e. The highest BCUT2D eigenvalue weighted by atomic mass is 35.5. The van der Waals surface area contributed by atoms with Gasteiger partial charge < -0.3 is 10.1 Å². The molecule has 0 spiro atoms. The van der Waals surface area contributed by atoms with E-state index in [1.54, 1.807) is 48.5 Å². The van der Waals surface area contributed by atoms with Crippen LogP contribution in [0.3, 0.4) is 0 Å². The van der Waals surface area contributed by atoms with Crippen molar-refractivity contribution in [2.24, 2.45) is 0 Å². The van der Waals surface area contributed by atoms with E-state index in [4.69, 9.17) is 16.3 Å². The number of benzene rings is 3. The van der Waals surface area contributed by atoms with Gasteiger partial charge in [-0.05, 0) is 53.6 Å². The van der Waals surface area contributed by atoms with E-state index in [1.165, 1.54) is 6.08 Å². The minimum absolute atomic E-state index is 0.00771. The van der Waals surface area contributed by atoms with E-state index in [0.29, 0.717) is 28.6 Å². The molecule has 0 saturated heterocycles. The predicted octanol–water partition coefficient (Wildman–Crippen LogP) is 5.46. The SMILES string of the molecule is N#C/C(=C\c1cccc(Cl)c1)C(=O)Nc1ccc(OCc2ccccc2)cc1. The molecule has 0 aliphatic carbocycles. The number of carbonyl (C=O) groups is 1. The Labute approximate surface area is 168 Å². The Morgan fingerprint density at radius 1 is 1.04 bits per heavy atom. The van der Waals surface area contributed by atoms with Crippen LogP contribution in [0.4, 0.5) is 5.69 Å². The fourth-order valence-corrected chi connectivity index (χ4v) is 2.68. The number of anilines is 1. The molecule has 0 heterocycles. The van der Waals surface area contributed by atoms with Crippen LogP contribution >= 0.6 is 11.6 Å². The van der Waals surface area contributed by atoms with Crippen LogP contribution in [0.1, 0.15) is 11.1 Å². The number of nitriles is 1. The molecule has 0 aliphatic rings. The van der Waals surface area contributed by atoms with Crippen LogP contribution < -0.4 is 10.1 Å². The van der Waals surface area contributed by atoms with Crippen LogP contribution in [0.5, 0.6) is 5.75 Å². The van der Waals surface area contributed by atoms with Crippen molar-refractivity contribution in [1.29, 1.82) is 5.26 Å². The maximum atomic E-state index is 12.4. The number of carbonyl (C=O) groups excluding carboxylic acids is 1. The van der Waals surface area contributed by atoms with Gasteiger partial charge in [0.1, 0.15) is 24.0 Å². The third kappa shape index (κ3) is 5.47. The van der Waals surface area contributed by atoms with E-state index in [0.717, 1.165) is 5.56 Å². The maximum Gasteiger partial charge on any atom is 0.266 e. The van der Waals surface area contributed by atoms with Crippen LogP contribution in [-0.4, -0.2) is 5.91 Å². The summed E-state index contributed by atoms with van der Waals surface area (Å²) in [5.74, 6) is 0.206. The van der Waals surface area contributed by atoms with Gasteiger partial charge in [-0.3, -0.25) is 4.79 Å². The molecule has 1 amide bonds. The molecule has 3 aromatic carbocycles. The molecule has 5 heteroatoms. The van der Waals surface area contributed by atoms with Gasteiger partial charge in [-0.15, -0.1) is 0 Å². The third-order valence-corrected chi connectivity index (χ3v) is 4.12. The van der Waals surface area contributed by atoms with Crippen LogP contribution in [0.15, 0.2) is 84.4 Å². The smallest absolute Gasteiger partial charge is 0.266 e. The van der Waals surface area contributed by atoms with E-state index in [-0.39, 0.29) is 5.57 Å². The van der Waals surface area contributed by atoms with Crippen molar-refractivity contribution in [3.8, 4) is 11.8 Å². The van der Waals surface area contributed by atoms with Gasteiger partial charge in [-0.25, -0.2) is 0 Å². The van der Waals surface area contributed by atoms with Gasteiger partial charge in [0.05, 0.1) is 0 Å². The Bertz CT molecular complexity index is 1020. The highest BCUT2D eigenvalue weighted by Gasteiger charge is 2.10. The third-order valence-electron chi connectivity index (χ3n) is 3.89. The van der Waals surface area contributed by atoms with Crippen molar-refractivity contribution in [2.45, 2.75) is 6.61 Å². The first-order valence-corrected chi connectivity index (χ1v) is 8.97. The molecular weight excluding hydrogens is 372 g/mol. The summed E-state index contributed by atoms with van der Waals surface area (Å²) in [5, 5.41) is 12.5. The number of nitrogens with zero attached hydrogens (tertiary/aromatic N) is 1. The molecule has 0 unspecified atom stereocenters. The van der Waals surface area contributed by atoms with Crippen LogP contribution in [0.25, 0.3) is 6.08 Å². The molecule has 3 rings (SSSR count). The second-order valence-electron chi connectivity index (χ2n) is 5.98. The van der Waals surface area contributed by atoms with Crippen molar-refractivity contribution in [3.05, 3.63) is 101 Å². The summed E-state index contributed by atoms with van der Waals surface area (Å²) in [6.45, 7) is 0.466. The van der Waals surface area contributed by atoms with E-state index in [2.05, 4.69) is 5.32 Å². The van der Waals surface area contributed by atoms with Crippen molar-refractivity contribution in [2.75, 3.05) is 5.32 Å². The zero-order valence-electron chi connectivity index (χ0n) is 14.9. The molecule has 0 atom stereocenters. The van der Waals surface area contributed by atoms with Gasteiger partial charge in [-0.2, -0.15) is 5.26 Å². The van der Waals surface area contributed by atoms with Gasteiger partial charge in [0, 0.05) is 10.7 Å². The summed E-state index contributed by atoms with van der Waals surface area (Å²) in [6, 6.07) is 25.7. The molecule has 4 nitrogen and oxygen atoms in total.